The Hall–Kier alpha value is -2.19. The van der Waals surface area contributed by atoms with E-state index in [9.17, 15) is 13.2 Å². The Balaban J connectivity index is 1.59. The third-order valence-corrected chi connectivity index (χ3v) is 6.74. The Morgan fingerprint density at radius 2 is 2.00 bits per heavy atom. The van der Waals surface area contributed by atoms with Crippen LogP contribution >= 0.6 is 0 Å². The molecule has 27 heavy (non-hydrogen) atoms. The Bertz CT molecular complexity index is 943. The zero-order valence-electron chi connectivity index (χ0n) is 15.3. The maximum Gasteiger partial charge on any atom is 0.253 e. The SMILES string of the molecule is Cn1ccnc1[C@@H](NS(=O)(=O)c1cccc(C(=O)N2CCCC2)c1)C1CC1. The monoisotopic (exact) mass is 388 g/mol. The van der Waals surface area contributed by atoms with Gasteiger partial charge in [0, 0.05) is 38.1 Å². The summed E-state index contributed by atoms with van der Waals surface area (Å²) in [6.07, 6.45) is 7.44. The van der Waals surface area contributed by atoms with Gasteiger partial charge in [0.25, 0.3) is 5.91 Å². The highest BCUT2D eigenvalue weighted by molar-refractivity contribution is 7.89. The summed E-state index contributed by atoms with van der Waals surface area (Å²) >= 11 is 0. The molecule has 1 saturated heterocycles. The van der Waals surface area contributed by atoms with Crippen LogP contribution in [0, 0.1) is 5.92 Å². The van der Waals surface area contributed by atoms with E-state index >= 15 is 0 Å². The van der Waals surface area contributed by atoms with Gasteiger partial charge in [0.2, 0.25) is 10.0 Å². The fourth-order valence-corrected chi connectivity index (χ4v) is 4.91. The van der Waals surface area contributed by atoms with Crippen LogP contribution in [0.15, 0.2) is 41.6 Å². The number of hydrogen-bond acceptors (Lipinski definition) is 4. The third-order valence-electron chi connectivity index (χ3n) is 5.30. The van der Waals surface area contributed by atoms with Crippen molar-refractivity contribution in [2.45, 2.75) is 36.6 Å². The van der Waals surface area contributed by atoms with Crippen molar-refractivity contribution in [2.24, 2.45) is 13.0 Å². The van der Waals surface area contributed by atoms with Gasteiger partial charge in [-0.3, -0.25) is 4.79 Å². The molecule has 0 unspecified atom stereocenters. The van der Waals surface area contributed by atoms with Crippen LogP contribution < -0.4 is 4.72 Å². The Morgan fingerprint density at radius 1 is 1.26 bits per heavy atom. The van der Waals surface area contributed by atoms with Crippen molar-refractivity contribution in [1.29, 1.82) is 0 Å². The highest BCUT2D eigenvalue weighted by atomic mass is 32.2. The molecule has 0 radical (unpaired) electrons. The predicted octanol–water partition coefficient (Wildman–Crippen LogP) is 2.09. The summed E-state index contributed by atoms with van der Waals surface area (Å²) in [7, 11) is -1.90. The first-order valence-corrected chi connectivity index (χ1v) is 10.8. The smallest absolute Gasteiger partial charge is 0.253 e. The minimum absolute atomic E-state index is 0.104. The number of imidazole rings is 1. The van der Waals surface area contributed by atoms with E-state index < -0.39 is 10.0 Å². The minimum atomic E-state index is -3.76. The average Bonchev–Trinajstić information content (AvgIpc) is 3.18. The lowest BCUT2D eigenvalue weighted by Crippen LogP contribution is -2.32. The molecule has 2 aliphatic rings. The van der Waals surface area contributed by atoms with E-state index in [2.05, 4.69) is 9.71 Å². The van der Waals surface area contributed by atoms with E-state index in [1.807, 2.05) is 17.8 Å². The van der Waals surface area contributed by atoms with Crippen LogP contribution in [-0.2, 0) is 17.1 Å². The Morgan fingerprint density at radius 3 is 2.63 bits per heavy atom. The van der Waals surface area contributed by atoms with Crippen molar-refractivity contribution < 1.29 is 13.2 Å². The molecule has 1 amide bonds. The topological polar surface area (TPSA) is 84.3 Å². The molecule has 1 saturated carbocycles. The van der Waals surface area contributed by atoms with E-state index in [1.165, 1.54) is 12.1 Å². The molecule has 2 aromatic rings. The fraction of sp³-hybridized carbons (Fsp3) is 0.474. The van der Waals surface area contributed by atoms with Crippen molar-refractivity contribution in [3.8, 4) is 0 Å². The number of aromatic nitrogens is 2. The van der Waals surface area contributed by atoms with Gasteiger partial charge in [-0.25, -0.2) is 18.1 Å². The van der Waals surface area contributed by atoms with Crippen LogP contribution in [0.1, 0.15) is 47.9 Å². The number of nitrogens with zero attached hydrogens (tertiary/aromatic N) is 3. The molecule has 1 aliphatic carbocycles. The summed E-state index contributed by atoms with van der Waals surface area (Å²) in [6, 6.07) is 5.96. The lowest BCUT2D eigenvalue weighted by Gasteiger charge is -2.19. The van der Waals surface area contributed by atoms with Crippen LogP contribution in [0.5, 0.6) is 0 Å². The van der Waals surface area contributed by atoms with Gasteiger partial charge in [-0.2, -0.15) is 0 Å². The van der Waals surface area contributed by atoms with Gasteiger partial charge in [-0.15, -0.1) is 0 Å². The van der Waals surface area contributed by atoms with Gasteiger partial charge in [0.1, 0.15) is 5.82 Å². The van der Waals surface area contributed by atoms with E-state index in [0.717, 1.165) is 38.8 Å². The van der Waals surface area contributed by atoms with E-state index in [0.29, 0.717) is 11.4 Å². The molecule has 4 rings (SSSR count). The number of nitrogens with one attached hydrogen (secondary N) is 1. The molecule has 0 bridgehead atoms. The van der Waals surface area contributed by atoms with Crippen LogP contribution in [0.3, 0.4) is 0 Å². The molecule has 2 heterocycles. The first kappa shape index (κ1) is 18.2. The molecule has 1 aromatic heterocycles. The molecular formula is C19H24N4O3S. The number of carbonyl (C=O) groups excluding carboxylic acids is 1. The summed E-state index contributed by atoms with van der Waals surface area (Å²) in [4.78, 5) is 18.8. The van der Waals surface area contributed by atoms with Crippen LogP contribution in [0.2, 0.25) is 0 Å². The zero-order chi connectivity index (χ0) is 19.0. The normalized spacial score (nSPS) is 18.6. The molecular weight excluding hydrogens is 364 g/mol. The second-order valence-electron chi connectivity index (χ2n) is 7.36. The van der Waals surface area contributed by atoms with E-state index in [-0.39, 0.29) is 22.8 Å². The fourth-order valence-electron chi connectivity index (χ4n) is 3.60. The van der Waals surface area contributed by atoms with Crippen LogP contribution in [0.4, 0.5) is 0 Å². The van der Waals surface area contributed by atoms with Crippen molar-refractivity contribution in [2.75, 3.05) is 13.1 Å². The van der Waals surface area contributed by atoms with Crippen LogP contribution in [0.25, 0.3) is 0 Å². The van der Waals surface area contributed by atoms with Crippen molar-refractivity contribution >= 4 is 15.9 Å². The predicted molar refractivity (Wildman–Crippen MR) is 101 cm³/mol. The van der Waals surface area contributed by atoms with Gasteiger partial charge < -0.3 is 9.47 Å². The molecule has 1 atom stereocenters. The Kier molecular flexibility index (Phi) is 4.77. The maximum absolute atomic E-state index is 13.0. The maximum atomic E-state index is 13.0. The lowest BCUT2D eigenvalue weighted by molar-refractivity contribution is 0.0792. The average molecular weight is 388 g/mol. The van der Waals surface area contributed by atoms with Gasteiger partial charge >= 0.3 is 0 Å². The van der Waals surface area contributed by atoms with E-state index in [4.69, 9.17) is 0 Å². The molecule has 8 heteroatoms. The highest BCUT2D eigenvalue weighted by Crippen LogP contribution is 2.41. The third kappa shape index (κ3) is 3.77. The lowest BCUT2D eigenvalue weighted by atomic mass is 10.2. The van der Waals surface area contributed by atoms with Gasteiger partial charge in [0.15, 0.2) is 0 Å². The first-order chi connectivity index (χ1) is 13.0. The van der Waals surface area contributed by atoms with Gasteiger partial charge in [0.05, 0.1) is 10.9 Å². The summed E-state index contributed by atoms with van der Waals surface area (Å²) in [6.45, 7) is 1.47. The highest BCUT2D eigenvalue weighted by Gasteiger charge is 2.37. The van der Waals surface area contributed by atoms with Crippen molar-refractivity contribution in [3.05, 3.63) is 48.0 Å². The molecule has 144 valence electrons. The number of sulfonamides is 1. The first-order valence-electron chi connectivity index (χ1n) is 9.34. The molecule has 1 N–H and O–H groups in total. The summed E-state index contributed by atoms with van der Waals surface area (Å²) < 4.78 is 30.7. The number of likely N-dealkylation sites (tertiary alicyclic amines) is 1. The molecule has 0 spiro atoms. The van der Waals surface area contributed by atoms with Crippen molar-refractivity contribution in [1.82, 2.24) is 19.2 Å². The number of amides is 1. The zero-order valence-corrected chi connectivity index (χ0v) is 16.2. The second-order valence-corrected chi connectivity index (χ2v) is 9.07. The summed E-state index contributed by atoms with van der Waals surface area (Å²) in [5, 5.41) is 0. The molecule has 2 fully saturated rings. The minimum Gasteiger partial charge on any atom is -0.339 e. The largest absolute Gasteiger partial charge is 0.339 e. The number of aryl methyl sites for hydroxylation is 1. The second kappa shape index (κ2) is 7.09. The summed E-state index contributed by atoms with van der Waals surface area (Å²) in [5.74, 6) is 0.869. The Labute approximate surface area is 159 Å². The van der Waals surface area contributed by atoms with Gasteiger partial charge in [-0.05, 0) is 49.8 Å². The molecule has 7 nitrogen and oxygen atoms in total. The van der Waals surface area contributed by atoms with Crippen LogP contribution in [-0.4, -0.2) is 41.9 Å². The molecule has 1 aromatic carbocycles. The van der Waals surface area contributed by atoms with E-state index in [1.54, 1.807) is 23.2 Å². The number of benzene rings is 1. The molecule has 1 aliphatic heterocycles. The number of hydrogen-bond donors (Lipinski definition) is 1. The van der Waals surface area contributed by atoms with Crippen molar-refractivity contribution in [3.63, 3.8) is 0 Å². The quantitative estimate of drug-likeness (QED) is 0.821. The van der Waals surface area contributed by atoms with Gasteiger partial charge in [-0.1, -0.05) is 6.07 Å². The standard InChI is InChI=1S/C19H24N4O3S/c1-22-12-9-20-18(22)17(14-7-8-14)21-27(25,26)16-6-4-5-15(13-16)19(24)23-10-2-3-11-23/h4-6,9,12-14,17,21H,2-3,7-8,10-11H2,1H3/t17-/m0/s1. The number of carbonyl (C=O) groups is 1. The summed E-state index contributed by atoms with van der Waals surface area (Å²) in [5.41, 5.74) is 0.416. The number of rotatable bonds is 6.